The molecule has 7 nitrogen and oxygen atoms in total. The molecule has 2 atom stereocenters. The molecule has 3 rings (SSSR count). The average molecular weight is 485 g/mol. The van der Waals surface area contributed by atoms with Crippen LogP contribution >= 0.6 is 39.9 Å². The number of primary amides is 1. The SMILES string of the molecule is I.NC(=O)c1cnn2cc(Br)nc2c1N[C@@H]1CNC[C@@H]1CF. The average Bonchev–Trinajstić information content (AvgIpc) is 3.03. The molecule has 2 aromatic heterocycles. The highest BCUT2D eigenvalue weighted by Gasteiger charge is 2.29. The van der Waals surface area contributed by atoms with Crippen LogP contribution in [0.25, 0.3) is 5.65 Å². The number of hydrogen-bond donors (Lipinski definition) is 3. The van der Waals surface area contributed by atoms with Crippen LogP contribution in [-0.2, 0) is 0 Å². The third-order valence-electron chi connectivity index (χ3n) is 3.60. The zero-order chi connectivity index (χ0) is 15.0. The Hall–Kier alpha value is -1.01. The first kappa shape index (κ1) is 17.3. The van der Waals surface area contributed by atoms with Gasteiger partial charge in [-0.25, -0.2) is 9.50 Å². The van der Waals surface area contributed by atoms with E-state index < -0.39 is 12.6 Å². The molecule has 0 bridgehead atoms. The van der Waals surface area contributed by atoms with Crippen LogP contribution in [0.4, 0.5) is 10.1 Å². The number of imidazole rings is 1. The van der Waals surface area contributed by atoms with Gasteiger partial charge in [0.15, 0.2) is 5.65 Å². The van der Waals surface area contributed by atoms with Crippen molar-refractivity contribution in [3.05, 3.63) is 22.6 Å². The third-order valence-corrected chi connectivity index (χ3v) is 3.98. The van der Waals surface area contributed by atoms with Gasteiger partial charge >= 0.3 is 0 Å². The Kier molecular flexibility index (Phi) is 5.55. The van der Waals surface area contributed by atoms with Gasteiger partial charge in [-0.2, -0.15) is 5.10 Å². The lowest BCUT2D eigenvalue weighted by atomic mass is 10.0. The fourth-order valence-corrected chi connectivity index (χ4v) is 2.85. The third kappa shape index (κ3) is 3.18. The van der Waals surface area contributed by atoms with Crippen molar-refractivity contribution in [2.45, 2.75) is 6.04 Å². The number of carbonyl (C=O) groups is 1. The van der Waals surface area contributed by atoms with Crippen LogP contribution in [0.2, 0.25) is 0 Å². The van der Waals surface area contributed by atoms with E-state index in [-0.39, 0.29) is 41.5 Å². The lowest BCUT2D eigenvalue weighted by Crippen LogP contribution is -2.31. The molecule has 1 saturated heterocycles. The van der Waals surface area contributed by atoms with Gasteiger partial charge in [0.1, 0.15) is 4.60 Å². The Bertz CT molecular complexity index is 696. The molecule has 22 heavy (non-hydrogen) atoms. The Morgan fingerprint density at radius 2 is 2.36 bits per heavy atom. The van der Waals surface area contributed by atoms with E-state index in [1.54, 1.807) is 6.20 Å². The van der Waals surface area contributed by atoms with Crippen molar-refractivity contribution in [1.29, 1.82) is 0 Å². The molecule has 10 heteroatoms. The van der Waals surface area contributed by atoms with Crippen molar-refractivity contribution < 1.29 is 9.18 Å². The van der Waals surface area contributed by atoms with Crippen LogP contribution in [0.1, 0.15) is 10.4 Å². The van der Waals surface area contributed by atoms with Crippen LogP contribution in [0, 0.1) is 5.92 Å². The van der Waals surface area contributed by atoms with Gasteiger partial charge in [0.25, 0.3) is 5.91 Å². The van der Waals surface area contributed by atoms with E-state index in [2.05, 4.69) is 36.6 Å². The topological polar surface area (TPSA) is 97.3 Å². The highest BCUT2D eigenvalue weighted by atomic mass is 127. The minimum Gasteiger partial charge on any atom is -0.377 e. The first-order valence-corrected chi connectivity index (χ1v) is 7.26. The van der Waals surface area contributed by atoms with E-state index in [0.717, 1.165) is 0 Å². The van der Waals surface area contributed by atoms with E-state index in [0.29, 0.717) is 29.0 Å². The number of aromatic nitrogens is 3. The predicted molar refractivity (Wildman–Crippen MR) is 94.4 cm³/mol. The van der Waals surface area contributed by atoms with Crippen molar-refractivity contribution in [2.24, 2.45) is 11.7 Å². The van der Waals surface area contributed by atoms with Crippen LogP contribution in [0.5, 0.6) is 0 Å². The normalized spacial score (nSPS) is 20.8. The minimum absolute atomic E-state index is 0. The number of alkyl halides is 1. The van der Waals surface area contributed by atoms with Gasteiger partial charge < -0.3 is 16.4 Å². The van der Waals surface area contributed by atoms with Crippen LogP contribution in [-0.4, -0.2) is 46.3 Å². The Morgan fingerprint density at radius 3 is 3.05 bits per heavy atom. The van der Waals surface area contributed by atoms with E-state index in [1.165, 1.54) is 10.7 Å². The van der Waals surface area contributed by atoms with Crippen molar-refractivity contribution in [3.8, 4) is 0 Å². The summed E-state index contributed by atoms with van der Waals surface area (Å²) in [6.45, 7) is 0.777. The van der Waals surface area contributed by atoms with Gasteiger partial charge in [0, 0.05) is 25.0 Å². The summed E-state index contributed by atoms with van der Waals surface area (Å²) in [6.07, 6.45) is 3.06. The summed E-state index contributed by atoms with van der Waals surface area (Å²) in [7, 11) is 0. The summed E-state index contributed by atoms with van der Waals surface area (Å²) in [4.78, 5) is 15.9. The van der Waals surface area contributed by atoms with Crippen molar-refractivity contribution in [3.63, 3.8) is 0 Å². The van der Waals surface area contributed by atoms with Crippen LogP contribution < -0.4 is 16.4 Å². The molecule has 1 amide bonds. The minimum atomic E-state index is -0.602. The molecule has 0 unspecified atom stereocenters. The molecule has 0 aromatic carbocycles. The smallest absolute Gasteiger partial charge is 0.252 e. The van der Waals surface area contributed by atoms with Crippen molar-refractivity contribution >= 4 is 57.1 Å². The number of anilines is 1. The number of hydrogen-bond acceptors (Lipinski definition) is 5. The zero-order valence-electron chi connectivity index (χ0n) is 11.4. The summed E-state index contributed by atoms with van der Waals surface area (Å²) in [5, 5.41) is 10.4. The largest absolute Gasteiger partial charge is 0.377 e. The molecule has 1 aliphatic heterocycles. The number of nitrogens with two attached hydrogens (primary N) is 1. The first-order valence-electron chi connectivity index (χ1n) is 6.47. The quantitative estimate of drug-likeness (QED) is 0.566. The molecule has 0 spiro atoms. The second kappa shape index (κ2) is 7.04. The second-order valence-corrected chi connectivity index (χ2v) is 5.77. The van der Waals surface area contributed by atoms with Gasteiger partial charge in [0.2, 0.25) is 0 Å². The number of amides is 1. The molecular formula is C12H15BrFIN6O. The highest BCUT2D eigenvalue weighted by Crippen LogP contribution is 2.25. The number of halogens is 3. The number of nitrogens with one attached hydrogen (secondary N) is 2. The lowest BCUT2D eigenvalue weighted by Gasteiger charge is -2.20. The number of fused-ring (bicyclic) bond motifs is 1. The van der Waals surface area contributed by atoms with E-state index in [9.17, 15) is 9.18 Å². The molecule has 0 radical (unpaired) electrons. The van der Waals surface area contributed by atoms with Crippen LogP contribution in [0.15, 0.2) is 17.0 Å². The van der Waals surface area contributed by atoms with Crippen LogP contribution in [0.3, 0.4) is 0 Å². The lowest BCUT2D eigenvalue weighted by molar-refractivity contribution is 0.100. The van der Waals surface area contributed by atoms with Crippen molar-refractivity contribution in [1.82, 2.24) is 19.9 Å². The van der Waals surface area contributed by atoms with Gasteiger partial charge in [-0.05, 0) is 15.9 Å². The molecule has 4 N–H and O–H groups in total. The highest BCUT2D eigenvalue weighted by molar-refractivity contribution is 14.0. The molecule has 1 fully saturated rings. The maximum atomic E-state index is 13.0. The van der Waals surface area contributed by atoms with E-state index in [1.807, 2.05) is 0 Å². The standard InChI is InChI=1S/C12H14BrFN6O.HI/c13-9-5-20-12(19-9)10(7(3-17-20)11(15)21)18-8-4-16-2-6(8)1-14;/h3,5-6,8,16,18H,1-2,4H2,(H2,15,21);1H/t6-,8+;/m0./s1. The molecule has 0 saturated carbocycles. The van der Waals surface area contributed by atoms with E-state index >= 15 is 0 Å². The Labute approximate surface area is 151 Å². The molecule has 1 aliphatic rings. The van der Waals surface area contributed by atoms with Gasteiger partial charge in [-0.3, -0.25) is 9.18 Å². The summed E-state index contributed by atoms with van der Waals surface area (Å²) < 4.78 is 15.1. The molecule has 2 aromatic rings. The van der Waals surface area contributed by atoms with Crippen molar-refractivity contribution in [2.75, 3.05) is 25.1 Å². The van der Waals surface area contributed by atoms with Gasteiger partial charge in [-0.1, -0.05) is 0 Å². The Balaban J connectivity index is 0.00000176. The summed E-state index contributed by atoms with van der Waals surface area (Å²) in [5.41, 5.74) is 6.59. The second-order valence-electron chi connectivity index (χ2n) is 4.95. The summed E-state index contributed by atoms with van der Waals surface area (Å²) in [5.74, 6) is -0.758. The molecule has 120 valence electrons. The fraction of sp³-hybridized carbons (Fsp3) is 0.417. The zero-order valence-corrected chi connectivity index (χ0v) is 15.3. The van der Waals surface area contributed by atoms with Gasteiger partial charge in [-0.15, -0.1) is 24.0 Å². The fourth-order valence-electron chi connectivity index (χ4n) is 2.49. The maximum Gasteiger partial charge on any atom is 0.252 e. The van der Waals surface area contributed by atoms with E-state index in [4.69, 9.17) is 5.73 Å². The first-order chi connectivity index (χ1) is 10.1. The maximum absolute atomic E-state index is 13.0. The molecule has 0 aliphatic carbocycles. The summed E-state index contributed by atoms with van der Waals surface area (Å²) >= 11 is 3.27. The number of nitrogens with zero attached hydrogens (tertiary/aromatic N) is 3. The van der Waals surface area contributed by atoms with Gasteiger partial charge in [0.05, 0.1) is 30.3 Å². The molecular weight excluding hydrogens is 470 g/mol. The predicted octanol–water partition coefficient (Wildman–Crippen LogP) is 1.18. The molecule has 3 heterocycles. The summed E-state index contributed by atoms with van der Waals surface area (Å²) in [6, 6.07) is -0.130. The number of carbonyl (C=O) groups excluding carboxylic acids is 1. The number of rotatable bonds is 4. The Morgan fingerprint density at radius 1 is 1.59 bits per heavy atom. The monoisotopic (exact) mass is 484 g/mol.